The van der Waals surface area contributed by atoms with Gasteiger partial charge in [-0.05, 0) is 36.1 Å². The molecule has 0 bridgehead atoms. The van der Waals surface area contributed by atoms with Crippen LogP contribution in [0.2, 0.25) is 0 Å². The Labute approximate surface area is 158 Å². The lowest BCUT2D eigenvalue weighted by atomic mass is 10.0. The highest BCUT2D eigenvalue weighted by molar-refractivity contribution is 5.99. The second kappa shape index (κ2) is 7.88. The molecule has 1 N–H and O–H groups in total. The molecule has 4 rings (SSSR count). The summed E-state index contributed by atoms with van der Waals surface area (Å²) in [6, 6.07) is 11.2. The van der Waals surface area contributed by atoms with Gasteiger partial charge in [-0.2, -0.15) is 0 Å². The minimum Gasteiger partial charge on any atom is -0.373 e. The summed E-state index contributed by atoms with van der Waals surface area (Å²) in [4.78, 5) is 30.7. The van der Waals surface area contributed by atoms with Crippen molar-refractivity contribution in [3.8, 4) is 0 Å². The predicted molar refractivity (Wildman–Crippen MR) is 99.9 cm³/mol. The van der Waals surface area contributed by atoms with Crippen LogP contribution in [-0.4, -0.2) is 40.9 Å². The van der Waals surface area contributed by atoms with Crippen LogP contribution < -0.4 is 5.32 Å². The smallest absolute Gasteiger partial charge is 0.252 e. The Hall–Kier alpha value is -2.73. The standard InChI is InChI=1S/C21H23N3O3/c25-20(12-19-17-5-1-2-6-18(17)21(26)23-19)24-10-7-16(8-11-24)27-14-15-4-3-9-22-13-15/h1-6,9,13,16,19H,7-8,10-12,14H2,(H,23,26)/t19-/m1/s1. The first-order chi connectivity index (χ1) is 13.2. The summed E-state index contributed by atoms with van der Waals surface area (Å²) in [5.41, 5.74) is 2.66. The molecule has 6 nitrogen and oxygen atoms in total. The van der Waals surface area contributed by atoms with Gasteiger partial charge in [-0.1, -0.05) is 24.3 Å². The third-order valence-electron chi connectivity index (χ3n) is 5.27. The van der Waals surface area contributed by atoms with Gasteiger partial charge in [0.1, 0.15) is 0 Å². The lowest BCUT2D eigenvalue weighted by Crippen LogP contribution is -2.42. The van der Waals surface area contributed by atoms with Crippen molar-refractivity contribution in [2.24, 2.45) is 0 Å². The highest BCUT2D eigenvalue weighted by Crippen LogP contribution is 2.28. The molecule has 2 aromatic rings. The van der Waals surface area contributed by atoms with Gasteiger partial charge in [-0.25, -0.2) is 0 Å². The van der Waals surface area contributed by atoms with Crippen molar-refractivity contribution in [2.75, 3.05) is 13.1 Å². The van der Waals surface area contributed by atoms with Crippen molar-refractivity contribution >= 4 is 11.8 Å². The van der Waals surface area contributed by atoms with Gasteiger partial charge < -0.3 is 15.0 Å². The van der Waals surface area contributed by atoms with E-state index < -0.39 is 0 Å². The summed E-state index contributed by atoms with van der Waals surface area (Å²) in [6.45, 7) is 1.94. The Morgan fingerprint density at radius 1 is 1.19 bits per heavy atom. The number of piperidine rings is 1. The molecule has 2 aliphatic heterocycles. The van der Waals surface area contributed by atoms with Gasteiger partial charge in [0, 0.05) is 31.0 Å². The SMILES string of the molecule is O=C1N[C@H](CC(=O)N2CCC(OCc3cccnc3)CC2)c2ccccc21. The van der Waals surface area contributed by atoms with E-state index in [2.05, 4.69) is 10.3 Å². The summed E-state index contributed by atoms with van der Waals surface area (Å²) < 4.78 is 5.96. The first-order valence-electron chi connectivity index (χ1n) is 9.39. The minimum absolute atomic E-state index is 0.0858. The number of carbonyl (C=O) groups excluding carboxylic acids is 2. The van der Waals surface area contributed by atoms with Crippen molar-refractivity contribution in [3.63, 3.8) is 0 Å². The Balaban J connectivity index is 1.26. The molecule has 1 fully saturated rings. The summed E-state index contributed by atoms with van der Waals surface area (Å²) in [7, 11) is 0. The van der Waals surface area contributed by atoms with Gasteiger partial charge >= 0.3 is 0 Å². The van der Waals surface area contributed by atoms with Gasteiger partial charge in [0.05, 0.1) is 25.2 Å². The molecule has 0 radical (unpaired) electrons. The van der Waals surface area contributed by atoms with E-state index in [1.165, 1.54) is 0 Å². The van der Waals surface area contributed by atoms with Crippen LogP contribution in [0, 0.1) is 0 Å². The molecule has 2 aliphatic rings. The average Bonchev–Trinajstić information content (AvgIpc) is 3.03. The van der Waals surface area contributed by atoms with Crippen LogP contribution in [0.1, 0.15) is 46.8 Å². The summed E-state index contributed by atoms with van der Waals surface area (Å²) >= 11 is 0. The molecule has 1 saturated heterocycles. The molecule has 0 unspecified atom stereocenters. The van der Waals surface area contributed by atoms with Crippen molar-refractivity contribution < 1.29 is 14.3 Å². The number of carbonyl (C=O) groups is 2. The third kappa shape index (κ3) is 4.01. The zero-order valence-electron chi connectivity index (χ0n) is 15.1. The lowest BCUT2D eigenvalue weighted by molar-refractivity contribution is -0.134. The fraction of sp³-hybridized carbons (Fsp3) is 0.381. The maximum atomic E-state index is 12.7. The zero-order chi connectivity index (χ0) is 18.6. The number of hydrogen-bond acceptors (Lipinski definition) is 4. The predicted octanol–water partition coefficient (Wildman–Crippen LogP) is 2.46. The van der Waals surface area contributed by atoms with Crippen LogP contribution >= 0.6 is 0 Å². The van der Waals surface area contributed by atoms with E-state index in [0.29, 0.717) is 31.7 Å². The molecule has 6 heteroatoms. The molecule has 2 amide bonds. The van der Waals surface area contributed by atoms with Crippen LogP contribution in [0.3, 0.4) is 0 Å². The quantitative estimate of drug-likeness (QED) is 0.884. The van der Waals surface area contributed by atoms with Crippen molar-refractivity contribution in [1.29, 1.82) is 0 Å². The highest BCUT2D eigenvalue weighted by Gasteiger charge is 2.32. The Kier molecular flexibility index (Phi) is 5.16. The van der Waals surface area contributed by atoms with E-state index in [-0.39, 0.29) is 24.0 Å². The maximum absolute atomic E-state index is 12.7. The average molecular weight is 365 g/mol. The largest absolute Gasteiger partial charge is 0.373 e. The van der Waals surface area contributed by atoms with Crippen molar-refractivity contribution in [2.45, 2.75) is 38.0 Å². The van der Waals surface area contributed by atoms with Crippen LogP contribution in [0.15, 0.2) is 48.8 Å². The van der Waals surface area contributed by atoms with E-state index >= 15 is 0 Å². The second-order valence-electron chi connectivity index (χ2n) is 7.07. The second-order valence-corrected chi connectivity index (χ2v) is 7.07. The molecule has 0 aliphatic carbocycles. The van der Waals surface area contributed by atoms with Gasteiger partial charge in [0.25, 0.3) is 5.91 Å². The van der Waals surface area contributed by atoms with Gasteiger partial charge in [-0.15, -0.1) is 0 Å². The number of aromatic nitrogens is 1. The molecule has 1 atom stereocenters. The third-order valence-corrected chi connectivity index (χ3v) is 5.27. The molecule has 0 spiro atoms. The maximum Gasteiger partial charge on any atom is 0.252 e. The topological polar surface area (TPSA) is 71.5 Å². The number of fused-ring (bicyclic) bond motifs is 1. The van der Waals surface area contributed by atoms with Gasteiger partial charge in [0.15, 0.2) is 0 Å². The van der Waals surface area contributed by atoms with Crippen LogP contribution in [0.25, 0.3) is 0 Å². The molecule has 1 aromatic heterocycles. The van der Waals surface area contributed by atoms with Gasteiger partial charge in [0.2, 0.25) is 5.91 Å². The van der Waals surface area contributed by atoms with E-state index in [1.54, 1.807) is 12.3 Å². The van der Waals surface area contributed by atoms with E-state index in [1.807, 2.05) is 41.4 Å². The van der Waals surface area contributed by atoms with Crippen molar-refractivity contribution in [3.05, 3.63) is 65.5 Å². The number of benzene rings is 1. The molecule has 0 saturated carbocycles. The Morgan fingerprint density at radius 2 is 2.00 bits per heavy atom. The van der Waals surface area contributed by atoms with Gasteiger partial charge in [-0.3, -0.25) is 14.6 Å². The van der Waals surface area contributed by atoms with Crippen molar-refractivity contribution in [1.82, 2.24) is 15.2 Å². The van der Waals surface area contributed by atoms with E-state index in [9.17, 15) is 9.59 Å². The Bertz CT molecular complexity index is 816. The summed E-state index contributed by atoms with van der Waals surface area (Å²) in [5.74, 6) is -0.00591. The first kappa shape index (κ1) is 17.7. The number of likely N-dealkylation sites (tertiary alicyclic amines) is 1. The van der Waals surface area contributed by atoms with E-state index in [4.69, 9.17) is 4.74 Å². The normalized spacial score (nSPS) is 19.6. The number of pyridine rings is 1. The molecular formula is C21H23N3O3. The minimum atomic E-state index is -0.222. The monoisotopic (exact) mass is 365 g/mol. The molecule has 27 heavy (non-hydrogen) atoms. The number of nitrogens with one attached hydrogen (secondary N) is 1. The fourth-order valence-corrected chi connectivity index (χ4v) is 3.76. The number of hydrogen-bond donors (Lipinski definition) is 1. The number of ether oxygens (including phenoxy) is 1. The molecule has 140 valence electrons. The molecule has 1 aromatic carbocycles. The Morgan fingerprint density at radius 3 is 2.78 bits per heavy atom. The fourth-order valence-electron chi connectivity index (χ4n) is 3.76. The first-order valence-corrected chi connectivity index (χ1v) is 9.39. The van der Waals surface area contributed by atoms with E-state index in [0.717, 1.165) is 24.0 Å². The summed E-state index contributed by atoms with van der Waals surface area (Å²) in [6.07, 6.45) is 5.70. The van der Waals surface area contributed by atoms with Crippen LogP contribution in [-0.2, 0) is 16.1 Å². The molecular weight excluding hydrogens is 342 g/mol. The number of amides is 2. The molecule has 3 heterocycles. The number of nitrogens with zero attached hydrogens (tertiary/aromatic N) is 2. The van der Waals surface area contributed by atoms with Crippen LogP contribution in [0.5, 0.6) is 0 Å². The highest BCUT2D eigenvalue weighted by atomic mass is 16.5. The summed E-state index contributed by atoms with van der Waals surface area (Å²) in [5, 5.41) is 2.92. The lowest BCUT2D eigenvalue weighted by Gasteiger charge is -2.32. The van der Waals surface area contributed by atoms with Crippen LogP contribution in [0.4, 0.5) is 0 Å². The number of rotatable bonds is 5. The zero-order valence-corrected chi connectivity index (χ0v) is 15.1.